The van der Waals surface area contributed by atoms with Gasteiger partial charge in [0.05, 0.1) is 12.0 Å². The van der Waals surface area contributed by atoms with Crippen molar-refractivity contribution in [3.8, 4) is 0 Å². The van der Waals surface area contributed by atoms with E-state index >= 15 is 0 Å². The van der Waals surface area contributed by atoms with E-state index in [0.717, 1.165) is 0 Å². The van der Waals surface area contributed by atoms with E-state index in [4.69, 9.17) is 10.8 Å². The van der Waals surface area contributed by atoms with Gasteiger partial charge >= 0.3 is 24.8 Å². The van der Waals surface area contributed by atoms with Crippen molar-refractivity contribution < 1.29 is 9.90 Å². The summed E-state index contributed by atoms with van der Waals surface area (Å²) < 4.78 is 0. The third-order valence-corrected chi connectivity index (χ3v) is 1.30. The van der Waals surface area contributed by atoms with Crippen LogP contribution in [0.25, 0.3) is 0 Å². The molecule has 1 aromatic heterocycles. The number of aromatic amines is 1. The molecule has 12 heavy (non-hydrogen) atoms. The van der Waals surface area contributed by atoms with E-state index in [1.807, 2.05) is 0 Å². The number of carboxylic acid groups (broad SMARTS) is 1. The molecule has 1 rings (SSSR count). The van der Waals surface area contributed by atoms with E-state index < -0.39 is 12.0 Å². The van der Waals surface area contributed by atoms with Crippen LogP contribution < -0.4 is 5.73 Å². The van der Waals surface area contributed by atoms with Crippen LogP contribution >= 0.6 is 0 Å². The molecule has 0 fully saturated rings. The molecule has 62 valence electrons. The first kappa shape index (κ1) is 11.2. The fourth-order valence-corrected chi connectivity index (χ4v) is 0.715. The van der Waals surface area contributed by atoms with Crippen molar-refractivity contribution in [3.63, 3.8) is 0 Å². The summed E-state index contributed by atoms with van der Waals surface area (Å²) >= 11 is 0. The molecule has 0 amide bonds. The number of hydrogen-bond donors (Lipinski definition) is 3. The second-order valence-corrected chi connectivity index (χ2v) is 2.21. The molecule has 5 nitrogen and oxygen atoms in total. The van der Waals surface area contributed by atoms with Gasteiger partial charge in [-0.1, -0.05) is 0 Å². The van der Waals surface area contributed by atoms with Crippen molar-refractivity contribution in [3.05, 3.63) is 18.2 Å². The average molecular weight is 163 g/mol. The number of carboxylic acids is 1. The van der Waals surface area contributed by atoms with Crippen LogP contribution in [0, 0.1) is 0 Å². The predicted molar refractivity (Wildman–Crippen MR) is 45.1 cm³/mol. The molecular weight excluding hydrogens is 153 g/mol. The van der Waals surface area contributed by atoms with Gasteiger partial charge in [0.1, 0.15) is 6.04 Å². The van der Waals surface area contributed by atoms with E-state index in [-0.39, 0.29) is 25.3 Å². The van der Waals surface area contributed by atoms with E-state index in [9.17, 15) is 4.79 Å². The fourth-order valence-electron chi connectivity index (χ4n) is 0.715. The molecule has 0 aliphatic carbocycles. The molecule has 6 heteroatoms. The van der Waals surface area contributed by atoms with Crippen LogP contribution in [0.15, 0.2) is 12.5 Å². The monoisotopic (exact) mass is 163 g/mol. The summed E-state index contributed by atoms with van der Waals surface area (Å²) in [5.74, 6) is -1.01. The number of hydrogen-bond acceptors (Lipinski definition) is 3. The topological polar surface area (TPSA) is 92.0 Å². The third kappa shape index (κ3) is 3.09. The Labute approximate surface area is 81.5 Å². The molecular formula is C6H10LiN3O2. The van der Waals surface area contributed by atoms with Gasteiger partial charge < -0.3 is 15.8 Å². The maximum absolute atomic E-state index is 10.3. The van der Waals surface area contributed by atoms with Crippen LogP contribution in [-0.4, -0.2) is 45.9 Å². The zero-order valence-corrected chi connectivity index (χ0v) is 5.82. The molecule has 1 aromatic rings. The Balaban J connectivity index is 0.00000121. The van der Waals surface area contributed by atoms with Crippen molar-refractivity contribution in [2.75, 3.05) is 0 Å². The normalized spacial score (nSPS) is 11.8. The molecule has 0 radical (unpaired) electrons. The van der Waals surface area contributed by atoms with Crippen molar-refractivity contribution >= 4 is 24.8 Å². The van der Waals surface area contributed by atoms with Crippen LogP contribution in [-0.2, 0) is 11.2 Å². The van der Waals surface area contributed by atoms with Crippen LogP contribution in [0.4, 0.5) is 0 Å². The van der Waals surface area contributed by atoms with Gasteiger partial charge in [-0.2, -0.15) is 0 Å². The third-order valence-electron chi connectivity index (χ3n) is 1.30. The van der Waals surface area contributed by atoms with E-state index in [1.54, 1.807) is 6.20 Å². The summed E-state index contributed by atoms with van der Waals surface area (Å²) in [7, 11) is 0. The summed E-state index contributed by atoms with van der Waals surface area (Å²) in [5.41, 5.74) is 5.92. The van der Waals surface area contributed by atoms with Gasteiger partial charge in [0, 0.05) is 12.6 Å². The van der Waals surface area contributed by atoms with Crippen molar-refractivity contribution in [2.24, 2.45) is 5.73 Å². The first-order valence-corrected chi connectivity index (χ1v) is 3.16. The summed E-state index contributed by atoms with van der Waals surface area (Å²) in [4.78, 5) is 16.8. The molecule has 1 unspecified atom stereocenters. The Morgan fingerprint density at radius 2 is 2.50 bits per heavy atom. The van der Waals surface area contributed by atoms with Gasteiger partial charge in [-0.15, -0.1) is 0 Å². The van der Waals surface area contributed by atoms with Crippen molar-refractivity contribution in [1.29, 1.82) is 0 Å². The Kier molecular flexibility index (Phi) is 4.67. The summed E-state index contributed by atoms with van der Waals surface area (Å²) in [5, 5.41) is 8.42. The Morgan fingerprint density at radius 3 is 2.92 bits per heavy atom. The molecule has 0 aliphatic rings. The number of nitrogens with one attached hydrogen (secondary N) is 1. The molecule has 0 bridgehead atoms. The van der Waals surface area contributed by atoms with Gasteiger partial charge in [0.2, 0.25) is 0 Å². The first-order chi connectivity index (χ1) is 5.20. The van der Waals surface area contributed by atoms with Gasteiger partial charge in [0.25, 0.3) is 0 Å². The van der Waals surface area contributed by atoms with Gasteiger partial charge in [0.15, 0.2) is 0 Å². The molecule has 0 aliphatic heterocycles. The Hall–Kier alpha value is -0.763. The van der Waals surface area contributed by atoms with Gasteiger partial charge in [-0.05, 0) is 0 Å². The molecule has 1 heterocycles. The van der Waals surface area contributed by atoms with Gasteiger partial charge in [-0.3, -0.25) is 4.79 Å². The number of nitrogens with two attached hydrogens (primary N) is 1. The fraction of sp³-hybridized carbons (Fsp3) is 0.333. The van der Waals surface area contributed by atoms with Crippen LogP contribution in [0.1, 0.15) is 5.69 Å². The zero-order valence-electron chi connectivity index (χ0n) is 5.82. The molecule has 1 atom stereocenters. The van der Waals surface area contributed by atoms with Crippen LogP contribution in [0.5, 0.6) is 0 Å². The molecule has 0 saturated carbocycles. The van der Waals surface area contributed by atoms with E-state index in [0.29, 0.717) is 5.69 Å². The van der Waals surface area contributed by atoms with Crippen LogP contribution in [0.3, 0.4) is 0 Å². The minimum atomic E-state index is -1.01. The number of imidazole rings is 1. The summed E-state index contributed by atoms with van der Waals surface area (Å²) in [6.07, 6.45) is 3.38. The van der Waals surface area contributed by atoms with Gasteiger partial charge in [-0.25, -0.2) is 4.98 Å². The molecule has 0 saturated heterocycles. The maximum atomic E-state index is 10.3. The second-order valence-electron chi connectivity index (χ2n) is 2.21. The molecule has 4 N–H and O–H groups in total. The number of carbonyl (C=O) groups is 1. The van der Waals surface area contributed by atoms with E-state index in [2.05, 4.69) is 9.97 Å². The van der Waals surface area contributed by atoms with E-state index in [1.165, 1.54) is 6.33 Å². The standard InChI is InChI=1S/C6H9N3O2.Li.H/c7-5(6(10)11)1-4-2-8-3-9-4;;/h2-3,5H,1,7H2,(H,8,9)(H,10,11);;. The number of rotatable bonds is 3. The minimum absolute atomic E-state index is 0. The first-order valence-electron chi connectivity index (χ1n) is 3.16. The number of aromatic nitrogens is 2. The number of H-pyrrole nitrogens is 1. The quantitative estimate of drug-likeness (QED) is 0.483. The second kappa shape index (κ2) is 4.99. The van der Waals surface area contributed by atoms with Crippen LogP contribution in [0.2, 0.25) is 0 Å². The summed E-state index contributed by atoms with van der Waals surface area (Å²) in [6.45, 7) is 0. The predicted octanol–water partition coefficient (Wildman–Crippen LogP) is -1.28. The summed E-state index contributed by atoms with van der Waals surface area (Å²) in [6, 6.07) is -0.863. The average Bonchev–Trinajstić information content (AvgIpc) is 2.39. The molecule has 0 aromatic carbocycles. The van der Waals surface area contributed by atoms with Crippen molar-refractivity contribution in [1.82, 2.24) is 9.97 Å². The Morgan fingerprint density at radius 1 is 1.83 bits per heavy atom. The zero-order chi connectivity index (χ0) is 8.27. The van der Waals surface area contributed by atoms with Crippen molar-refractivity contribution in [2.45, 2.75) is 12.5 Å². The SMILES string of the molecule is NC(Cc1c[nH]cn1)C(=O)O.[LiH]. The number of aliphatic carboxylic acids is 1. The number of nitrogens with zero attached hydrogens (tertiary/aromatic N) is 1. The molecule has 0 spiro atoms. The Bertz CT molecular complexity index is 237.